The van der Waals surface area contributed by atoms with Crippen molar-refractivity contribution in [3.8, 4) is 11.5 Å². The van der Waals surface area contributed by atoms with Gasteiger partial charge in [0.2, 0.25) is 0 Å². The Morgan fingerprint density at radius 1 is 1.10 bits per heavy atom. The van der Waals surface area contributed by atoms with Gasteiger partial charge in [-0.15, -0.1) is 0 Å². The van der Waals surface area contributed by atoms with Gasteiger partial charge in [0.15, 0.2) is 11.5 Å². The van der Waals surface area contributed by atoms with E-state index >= 15 is 0 Å². The van der Waals surface area contributed by atoms with E-state index in [9.17, 15) is 0 Å². The molecule has 1 atom stereocenters. The van der Waals surface area contributed by atoms with E-state index in [0.29, 0.717) is 22.9 Å². The molecule has 0 aromatic heterocycles. The molecule has 0 amide bonds. The molecule has 1 aliphatic heterocycles. The van der Waals surface area contributed by atoms with Gasteiger partial charge in [-0.1, -0.05) is 0 Å². The maximum atomic E-state index is 6.18. The molecule has 1 aromatic carbocycles. The van der Waals surface area contributed by atoms with Crippen LogP contribution in [0.15, 0.2) is 0 Å². The molecular weight excluding hydrogens is 258 g/mol. The molecule has 0 saturated heterocycles. The summed E-state index contributed by atoms with van der Waals surface area (Å²) in [5.41, 5.74) is 14.9. The fraction of sp³-hybridized carbons (Fsp3) is 0.538. The number of hydrogen-bond donors (Lipinski definition) is 4. The van der Waals surface area contributed by atoms with E-state index in [-0.39, 0.29) is 6.04 Å². The first-order chi connectivity index (χ1) is 9.49. The molecule has 0 aliphatic carbocycles. The van der Waals surface area contributed by atoms with Crippen LogP contribution in [-0.2, 0) is 0 Å². The lowest BCUT2D eigenvalue weighted by Gasteiger charge is -2.33. The number of likely N-dealkylation sites (N-methyl/N-ethyl adjacent to an activating group) is 1. The van der Waals surface area contributed by atoms with E-state index < -0.39 is 0 Å². The van der Waals surface area contributed by atoms with Crippen LogP contribution in [0, 0.1) is 0 Å². The normalized spacial score (nSPS) is 17.1. The highest BCUT2D eigenvalue weighted by molar-refractivity contribution is 5.98. The van der Waals surface area contributed by atoms with Gasteiger partial charge in [-0.25, -0.2) is 0 Å². The summed E-state index contributed by atoms with van der Waals surface area (Å²) >= 11 is 0. The number of methoxy groups -OCH3 is 2. The topological polar surface area (TPSA) is 97.8 Å². The SMILES string of the molecule is COc1c(N)c2c(c(N)c1OC)NC(CN(C)C)CN2. The average molecular weight is 281 g/mol. The van der Waals surface area contributed by atoms with Crippen LogP contribution in [0.4, 0.5) is 22.7 Å². The number of rotatable bonds is 4. The Bertz CT molecular complexity index is 504. The lowest BCUT2D eigenvalue weighted by molar-refractivity contribution is 0.358. The molecular formula is C13H23N5O2. The number of ether oxygens (including phenoxy) is 2. The highest BCUT2D eigenvalue weighted by Gasteiger charge is 2.27. The van der Waals surface area contributed by atoms with Crippen molar-refractivity contribution in [2.75, 3.05) is 63.5 Å². The Balaban J connectivity index is 2.44. The van der Waals surface area contributed by atoms with Gasteiger partial charge in [-0.2, -0.15) is 0 Å². The number of nitrogen functional groups attached to an aromatic ring is 2. The molecule has 0 radical (unpaired) electrons. The predicted molar refractivity (Wildman–Crippen MR) is 82.8 cm³/mol. The van der Waals surface area contributed by atoms with Gasteiger partial charge >= 0.3 is 0 Å². The number of fused-ring (bicyclic) bond motifs is 1. The van der Waals surface area contributed by atoms with E-state index in [0.717, 1.165) is 24.5 Å². The Kier molecular flexibility index (Phi) is 3.99. The lowest BCUT2D eigenvalue weighted by Crippen LogP contribution is -2.41. The zero-order chi connectivity index (χ0) is 14.9. The van der Waals surface area contributed by atoms with Crippen LogP contribution in [0.2, 0.25) is 0 Å². The van der Waals surface area contributed by atoms with Gasteiger partial charge in [0.1, 0.15) is 11.4 Å². The lowest BCUT2D eigenvalue weighted by atomic mass is 10.1. The molecule has 2 rings (SSSR count). The molecule has 1 unspecified atom stereocenters. The van der Waals surface area contributed by atoms with Crippen molar-refractivity contribution in [2.45, 2.75) is 6.04 Å². The van der Waals surface area contributed by atoms with E-state index in [2.05, 4.69) is 15.5 Å². The number of nitrogens with zero attached hydrogens (tertiary/aromatic N) is 1. The van der Waals surface area contributed by atoms with Crippen LogP contribution >= 0.6 is 0 Å². The number of anilines is 4. The molecule has 1 aliphatic rings. The minimum Gasteiger partial charge on any atom is -0.491 e. The summed E-state index contributed by atoms with van der Waals surface area (Å²) in [5, 5.41) is 6.74. The van der Waals surface area contributed by atoms with Crippen LogP contribution in [0.3, 0.4) is 0 Å². The molecule has 20 heavy (non-hydrogen) atoms. The van der Waals surface area contributed by atoms with Crippen LogP contribution in [-0.4, -0.2) is 52.3 Å². The van der Waals surface area contributed by atoms with Crippen molar-refractivity contribution in [2.24, 2.45) is 0 Å². The molecule has 7 heteroatoms. The Morgan fingerprint density at radius 2 is 1.65 bits per heavy atom. The third-order valence-corrected chi connectivity index (χ3v) is 3.35. The summed E-state index contributed by atoms with van der Waals surface area (Å²) < 4.78 is 10.6. The highest BCUT2D eigenvalue weighted by atomic mass is 16.5. The first kappa shape index (κ1) is 14.4. The van der Waals surface area contributed by atoms with E-state index in [1.807, 2.05) is 14.1 Å². The van der Waals surface area contributed by atoms with Crippen LogP contribution in [0.25, 0.3) is 0 Å². The second kappa shape index (κ2) is 5.54. The Labute approximate surface area is 119 Å². The van der Waals surface area contributed by atoms with Crippen LogP contribution < -0.4 is 31.6 Å². The number of nitrogens with one attached hydrogen (secondary N) is 2. The highest BCUT2D eigenvalue weighted by Crippen LogP contribution is 2.50. The number of hydrogen-bond acceptors (Lipinski definition) is 7. The second-order valence-corrected chi connectivity index (χ2v) is 5.13. The smallest absolute Gasteiger partial charge is 0.188 e. The molecule has 1 aromatic rings. The molecule has 6 N–H and O–H groups in total. The zero-order valence-corrected chi connectivity index (χ0v) is 12.4. The van der Waals surface area contributed by atoms with E-state index in [1.165, 1.54) is 0 Å². The zero-order valence-electron chi connectivity index (χ0n) is 12.4. The standard InChI is InChI=1S/C13H23N5O2/c1-18(2)6-7-5-16-10-8(14)12(19-3)13(20-4)9(15)11(10)17-7/h7,16-17H,5-6,14-15H2,1-4H3. The molecule has 0 saturated carbocycles. The molecule has 0 spiro atoms. The summed E-state index contributed by atoms with van der Waals surface area (Å²) in [7, 11) is 7.16. The Hall–Kier alpha value is -2.02. The minimum atomic E-state index is 0.248. The molecule has 7 nitrogen and oxygen atoms in total. The fourth-order valence-corrected chi connectivity index (χ4v) is 2.51. The summed E-state index contributed by atoms with van der Waals surface area (Å²) in [6, 6.07) is 0.248. The fourth-order valence-electron chi connectivity index (χ4n) is 2.51. The van der Waals surface area contributed by atoms with E-state index in [4.69, 9.17) is 20.9 Å². The minimum absolute atomic E-state index is 0.248. The molecule has 0 bridgehead atoms. The predicted octanol–water partition coefficient (Wildman–Crippen LogP) is 0.636. The summed E-state index contributed by atoms with van der Waals surface area (Å²) in [5.74, 6) is 0.924. The van der Waals surface area contributed by atoms with Gasteiger partial charge in [0, 0.05) is 13.1 Å². The van der Waals surface area contributed by atoms with Gasteiger partial charge in [-0.05, 0) is 14.1 Å². The van der Waals surface area contributed by atoms with Crippen molar-refractivity contribution in [1.82, 2.24) is 4.90 Å². The van der Waals surface area contributed by atoms with Crippen LogP contribution in [0.5, 0.6) is 11.5 Å². The van der Waals surface area contributed by atoms with Crippen molar-refractivity contribution in [1.29, 1.82) is 0 Å². The summed E-state index contributed by atoms with van der Waals surface area (Å²) in [4.78, 5) is 2.12. The summed E-state index contributed by atoms with van der Waals surface area (Å²) in [6.45, 7) is 1.66. The summed E-state index contributed by atoms with van der Waals surface area (Å²) in [6.07, 6.45) is 0. The largest absolute Gasteiger partial charge is 0.491 e. The third kappa shape index (κ3) is 2.36. The van der Waals surface area contributed by atoms with Crippen molar-refractivity contribution in [3.05, 3.63) is 0 Å². The maximum Gasteiger partial charge on any atom is 0.188 e. The van der Waals surface area contributed by atoms with Crippen molar-refractivity contribution >= 4 is 22.7 Å². The van der Waals surface area contributed by atoms with Crippen molar-refractivity contribution in [3.63, 3.8) is 0 Å². The van der Waals surface area contributed by atoms with Crippen LogP contribution in [0.1, 0.15) is 0 Å². The Morgan fingerprint density at radius 3 is 2.15 bits per heavy atom. The van der Waals surface area contributed by atoms with Gasteiger partial charge in [-0.3, -0.25) is 0 Å². The van der Waals surface area contributed by atoms with Gasteiger partial charge in [0.25, 0.3) is 0 Å². The first-order valence-corrected chi connectivity index (χ1v) is 6.47. The monoisotopic (exact) mass is 281 g/mol. The van der Waals surface area contributed by atoms with Crippen molar-refractivity contribution < 1.29 is 9.47 Å². The average Bonchev–Trinajstić information content (AvgIpc) is 2.41. The quantitative estimate of drug-likeness (QED) is 0.601. The van der Waals surface area contributed by atoms with Gasteiger partial charge in [0.05, 0.1) is 31.6 Å². The molecule has 112 valence electrons. The first-order valence-electron chi connectivity index (χ1n) is 6.47. The van der Waals surface area contributed by atoms with Gasteiger partial charge < -0.3 is 36.5 Å². The maximum absolute atomic E-state index is 6.18. The molecule has 0 fully saturated rings. The number of benzene rings is 1. The molecule has 1 heterocycles. The van der Waals surface area contributed by atoms with E-state index in [1.54, 1.807) is 14.2 Å². The number of nitrogens with two attached hydrogens (primary N) is 2. The second-order valence-electron chi connectivity index (χ2n) is 5.13. The third-order valence-electron chi connectivity index (χ3n) is 3.35.